The zero-order valence-corrected chi connectivity index (χ0v) is 9.87. The number of phenols is 1. The number of phenolic OH excluding ortho intramolecular Hbond substituents is 1. The quantitative estimate of drug-likeness (QED) is 0.869. The van der Waals surface area contributed by atoms with E-state index >= 15 is 0 Å². The van der Waals surface area contributed by atoms with Crippen LogP contribution in [0.15, 0.2) is 18.2 Å². The summed E-state index contributed by atoms with van der Waals surface area (Å²) in [6.45, 7) is -1.60. The molecule has 1 aromatic rings. The van der Waals surface area contributed by atoms with Gasteiger partial charge in [-0.2, -0.15) is 8.78 Å². The average molecular weight is 295 g/mol. The highest BCUT2D eigenvalue weighted by Crippen LogP contribution is 2.34. The molecule has 0 aliphatic rings. The lowest BCUT2D eigenvalue weighted by Crippen LogP contribution is -2.04. The van der Waals surface area contributed by atoms with Gasteiger partial charge in [-0.1, -0.05) is 22.0 Å². The van der Waals surface area contributed by atoms with Gasteiger partial charge in [0.1, 0.15) is 22.1 Å². The molecule has 0 radical (unpaired) electrons. The van der Waals surface area contributed by atoms with Crippen molar-refractivity contribution < 1.29 is 23.4 Å². The molecule has 1 aromatic carbocycles. The Kier molecular flexibility index (Phi) is 4.23. The standard InChI is InChI=1S/C10H9BrF2O3/c1-5(14)9(11)7-3-2-6(4-8(7)15)16-10(12)13/h2-4,9-10,15H,1H3. The summed E-state index contributed by atoms with van der Waals surface area (Å²) in [6, 6.07) is 3.66. The van der Waals surface area contributed by atoms with Gasteiger partial charge in [0.05, 0.1) is 0 Å². The third-order valence-corrected chi connectivity index (χ3v) is 3.00. The second-order valence-electron chi connectivity index (χ2n) is 3.07. The summed E-state index contributed by atoms with van der Waals surface area (Å²) in [5, 5.41) is 9.52. The summed E-state index contributed by atoms with van der Waals surface area (Å²) in [6.07, 6.45) is 0. The number of carbonyl (C=O) groups is 1. The van der Waals surface area contributed by atoms with Gasteiger partial charge >= 0.3 is 6.61 Å². The van der Waals surface area contributed by atoms with Crippen LogP contribution in [0.25, 0.3) is 0 Å². The SMILES string of the molecule is CC(=O)C(Br)c1ccc(OC(F)F)cc1O. The predicted molar refractivity (Wildman–Crippen MR) is 57.1 cm³/mol. The molecule has 6 heteroatoms. The van der Waals surface area contributed by atoms with Crippen LogP contribution < -0.4 is 4.74 Å². The number of hydrogen-bond donors (Lipinski definition) is 1. The third kappa shape index (κ3) is 3.16. The Balaban J connectivity index is 2.95. The van der Waals surface area contributed by atoms with Crippen molar-refractivity contribution in [3.8, 4) is 11.5 Å². The highest BCUT2D eigenvalue weighted by Gasteiger charge is 2.17. The lowest BCUT2D eigenvalue weighted by Gasteiger charge is -2.10. The molecular formula is C10H9BrF2O3. The van der Waals surface area contributed by atoms with E-state index < -0.39 is 11.4 Å². The highest BCUT2D eigenvalue weighted by atomic mass is 79.9. The molecular weight excluding hydrogens is 286 g/mol. The summed E-state index contributed by atoms with van der Waals surface area (Å²) in [5.74, 6) is -0.618. The van der Waals surface area contributed by atoms with E-state index in [2.05, 4.69) is 20.7 Å². The largest absolute Gasteiger partial charge is 0.507 e. The van der Waals surface area contributed by atoms with Crippen LogP contribution >= 0.6 is 15.9 Å². The molecule has 0 saturated heterocycles. The predicted octanol–water partition coefficient (Wildman–Crippen LogP) is 3.02. The number of aromatic hydroxyl groups is 1. The minimum atomic E-state index is -2.95. The zero-order valence-electron chi connectivity index (χ0n) is 8.28. The maximum atomic E-state index is 11.9. The van der Waals surface area contributed by atoms with Crippen LogP contribution in [0.1, 0.15) is 17.3 Å². The number of hydrogen-bond acceptors (Lipinski definition) is 3. The smallest absolute Gasteiger partial charge is 0.387 e. The van der Waals surface area contributed by atoms with Crippen LogP contribution in [0.5, 0.6) is 11.5 Å². The summed E-state index contributed by atoms with van der Waals surface area (Å²) in [5.41, 5.74) is 0.314. The first-order chi connectivity index (χ1) is 7.41. The van der Waals surface area contributed by atoms with Gasteiger partial charge in [0, 0.05) is 11.6 Å². The Morgan fingerprint density at radius 2 is 2.12 bits per heavy atom. The number of halogens is 3. The lowest BCUT2D eigenvalue weighted by molar-refractivity contribution is -0.116. The van der Waals surface area contributed by atoms with Crippen LogP contribution in [0.3, 0.4) is 0 Å². The van der Waals surface area contributed by atoms with E-state index in [4.69, 9.17) is 0 Å². The van der Waals surface area contributed by atoms with Gasteiger partial charge in [-0.05, 0) is 13.0 Å². The molecule has 1 rings (SSSR count). The van der Waals surface area contributed by atoms with Crippen LogP contribution in [-0.2, 0) is 4.79 Å². The second-order valence-corrected chi connectivity index (χ2v) is 3.99. The van der Waals surface area contributed by atoms with Crippen molar-refractivity contribution >= 4 is 21.7 Å². The van der Waals surface area contributed by atoms with E-state index in [-0.39, 0.29) is 17.3 Å². The van der Waals surface area contributed by atoms with E-state index in [1.54, 1.807) is 0 Å². The molecule has 0 aliphatic heterocycles. The van der Waals surface area contributed by atoms with Crippen LogP contribution in [-0.4, -0.2) is 17.5 Å². The fourth-order valence-corrected chi connectivity index (χ4v) is 1.52. The Labute approximate surface area is 99.2 Å². The minimum Gasteiger partial charge on any atom is -0.507 e. The van der Waals surface area contributed by atoms with Gasteiger partial charge in [-0.15, -0.1) is 0 Å². The van der Waals surface area contributed by atoms with Crippen molar-refractivity contribution in [2.24, 2.45) is 0 Å². The van der Waals surface area contributed by atoms with Gasteiger partial charge in [-0.25, -0.2) is 0 Å². The van der Waals surface area contributed by atoms with E-state index in [1.165, 1.54) is 19.1 Å². The van der Waals surface area contributed by atoms with Crippen molar-refractivity contribution in [3.63, 3.8) is 0 Å². The van der Waals surface area contributed by atoms with E-state index in [0.717, 1.165) is 6.07 Å². The summed E-state index contributed by atoms with van der Waals surface area (Å²) in [4.78, 5) is 10.4. The number of ketones is 1. The number of carbonyl (C=O) groups excluding carboxylic acids is 1. The zero-order chi connectivity index (χ0) is 12.3. The molecule has 0 saturated carbocycles. The van der Waals surface area contributed by atoms with Crippen LogP contribution in [0.4, 0.5) is 8.78 Å². The fourth-order valence-electron chi connectivity index (χ4n) is 1.13. The van der Waals surface area contributed by atoms with Crippen molar-refractivity contribution in [1.82, 2.24) is 0 Å². The van der Waals surface area contributed by atoms with Crippen molar-refractivity contribution in [3.05, 3.63) is 23.8 Å². The van der Waals surface area contributed by atoms with E-state index in [9.17, 15) is 18.7 Å². The molecule has 0 spiro atoms. The molecule has 0 fully saturated rings. The first kappa shape index (κ1) is 12.9. The Bertz CT molecular complexity index is 396. The van der Waals surface area contributed by atoms with Gasteiger partial charge < -0.3 is 9.84 Å². The van der Waals surface area contributed by atoms with Gasteiger partial charge in [0.25, 0.3) is 0 Å². The van der Waals surface area contributed by atoms with Crippen molar-refractivity contribution in [2.45, 2.75) is 18.4 Å². The van der Waals surface area contributed by atoms with Gasteiger partial charge in [0.2, 0.25) is 0 Å². The highest BCUT2D eigenvalue weighted by molar-refractivity contribution is 9.09. The van der Waals surface area contributed by atoms with Gasteiger partial charge in [0.15, 0.2) is 0 Å². The maximum Gasteiger partial charge on any atom is 0.387 e. The van der Waals surface area contributed by atoms with Gasteiger partial charge in [-0.3, -0.25) is 4.79 Å². The summed E-state index contributed by atoms with van der Waals surface area (Å²) >= 11 is 3.08. The topological polar surface area (TPSA) is 46.5 Å². The molecule has 1 N–H and O–H groups in total. The first-order valence-corrected chi connectivity index (χ1v) is 5.25. The van der Waals surface area contributed by atoms with Crippen LogP contribution in [0, 0.1) is 0 Å². The number of Topliss-reactive ketones (excluding diaryl/α,β-unsaturated/α-hetero) is 1. The molecule has 0 aliphatic carbocycles. The summed E-state index contributed by atoms with van der Waals surface area (Å²) in [7, 11) is 0. The summed E-state index contributed by atoms with van der Waals surface area (Å²) < 4.78 is 27.8. The molecule has 1 atom stereocenters. The molecule has 0 heterocycles. The minimum absolute atomic E-state index is 0.153. The molecule has 0 aromatic heterocycles. The second kappa shape index (κ2) is 5.25. The normalized spacial score (nSPS) is 12.6. The first-order valence-electron chi connectivity index (χ1n) is 4.34. The van der Waals surface area contributed by atoms with E-state index in [0.29, 0.717) is 5.56 Å². The third-order valence-electron chi connectivity index (χ3n) is 1.86. The monoisotopic (exact) mass is 294 g/mol. The fraction of sp³-hybridized carbons (Fsp3) is 0.300. The van der Waals surface area contributed by atoms with Crippen molar-refractivity contribution in [1.29, 1.82) is 0 Å². The maximum absolute atomic E-state index is 11.9. The number of benzene rings is 1. The Morgan fingerprint density at radius 3 is 2.56 bits per heavy atom. The van der Waals surface area contributed by atoms with Crippen LogP contribution in [0.2, 0.25) is 0 Å². The molecule has 3 nitrogen and oxygen atoms in total. The molecule has 0 amide bonds. The number of alkyl halides is 3. The molecule has 16 heavy (non-hydrogen) atoms. The molecule has 1 unspecified atom stereocenters. The number of rotatable bonds is 4. The Morgan fingerprint density at radius 1 is 1.50 bits per heavy atom. The Hall–Kier alpha value is -1.17. The number of ether oxygens (including phenoxy) is 1. The molecule has 88 valence electrons. The van der Waals surface area contributed by atoms with E-state index in [1.807, 2.05) is 0 Å². The lowest BCUT2D eigenvalue weighted by atomic mass is 10.1. The molecule has 0 bridgehead atoms. The van der Waals surface area contributed by atoms with Crippen molar-refractivity contribution in [2.75, 3.05) is 0 Å². The average Bonchev–Trinajstić information content (AvgIpc) is 2.15.